The van der Waals surface area contributed by atoms with Crippen molar-refractivity contribution < 1.29 is 9.50 Å². The quantitative estimate of drug-likeness (QED) is 0.384. The molecule has 2 aromatic heterocycles. The van der Waals surface area contributed by atoms with Crippen LogP contribution >= 0.6 is 11.6 Å². The summed E-state index contributed by atoms with van der Waals surface area (Å²) < 4.78 is 14.0. The monoisotopic (exact) mass is 448 g/mol. The van der Waals surface area contributed by atoms with Gasteiger partial charge in [0, 0.05) is 23.8 Å². The average molecular weight is 449 g/mol. The Balaban J connectivity index is 1.43. The van der Waals surface area contributed by atoms with Gasteiger partial charge in [-0.05, 0) is 79.5 Å². The smallest absolute Gasteiger partial charge is 0.170 e. The van der Waals surface area contributed by atoms with Crippen molar-refractivity contribution in [1.82, 2.24) is 14.9 Å². The number of aromatic nitrogens is 2. The maximum atomic E-state index is 14.0. The molecule has 0 aliphatic carbocycles. The van der Waals surface area contributed by atoms with Gasteiger partial charge in [-0.3, -0.25) is 14.9 Å². The standard InChI is InChI=1S/C25H22ClFN4O/c26-21-12-17(13-22(27)25(21)32)16-3-6-23-20(11-16)24(7-8-28-23)30-18-4-5-19(29-14-18)15-31-9-1-2-10-31/h3-8,11-14,32H,1-2,9-10,15H2,(H,28,30). The summed E-state index contributed by atoms with van der Waals surface area (Å²) in [5, 5.41) is 13.9. The van der Waals surface area contributed by atoms with E-state index in [2.05, 4.69) is 26.3 Å². The topological polar surface area (TPSA) is 61.3 Å². The molecule has 0 bridgehead atoms. The lowest BCUT2D eigenvalue weighted by Gasteiger charge is -2.14. The van der Waals surface area contributed by atoms with Gasteiger partial charge in [0.25, 0.3) is 0 Å². The van der Waals surface area contributed by atoms with E-state index in [-0.39, 0.29) is 5.02 Å². The predicted molar refractivity (Wildman–Crippen MR) is 126 cm³/mol. The summed E-state index contributed by atoms with van der Waals surface area (Å²) in [7, 11) is 0. The molecule has 1 aliphatic heterocycles. The number of hydrogen-bond acceptors (Lipinski definition) is 5. The van der Waals surface area contributed by atoms with Crippen LogP contribution in [0.25, 0.3) is 22.0 Å². The second-order valence-corrected chi connectivity index (χ2v) is 8.43. The summed E-state index contributed by atoms with van der Waals surface area (Å²) in [5.74, 6) is -1.29. The van der Waals surface area contributed by atoms with Crippen molar-refractivity contribution in [1.29, 1.82) is 0 Å². The van der Waals surface area contributed by atoms with Crippen LogP contribution in [-0.4, -0.2) is 33.1 Å². The number of phenols is 1. The van der Waals surface area contributed by atoms with E-state index in [4.69, 9.17) is 11.6 Å². The Labute approximate surface area is 190 Å². The molecule has 7 heteroatoms. The number of rotatable bonds is 5. The molecule has 0 atom stereocenters. The molecular formula is C25H22ClFN4O. The van der Waals surface area contributed by atoms with Crippen LogP contribution in [0.15, 0.2) is 60.9 Å². The third-order valence-electron chi connectivity index (χ3n) is 5.78. The molecule has 1 fully saturated rings. The van der Waals surface area contributed by atoms with Crippen LogP contribution in [0.2, 0.25) is 5.02 Å². The molecule has 0 amide bonds. The number of anilines is 2. The lowest BCUT2D eigenvalue weighted by molar-refractivity contribution is 0.327. The molecule has 162 valence electrons. The van der Waals surface area contributed by atoms with E-state index in [0.29, 0.717) is 5.56 Å². The fourth-order valence-electron chi connectivity index (χ4n) is 4.08. The van der Waals surface area contributed by atoms with Gasteiger partial charge < -0.3 is 10.4 Å². The number of phenolic OH excluding ortho intramolecular Hbond substituents is 1. The number of likely N-dealkylation sites (tertiary alicyclic amines) is 1. The summed E-state index contributed by atoms with van der Waals surface area (Å²) in [6.45, 7) is 3.17. The van der Waals surface area contributed by atoms with Gasteiger partial charge >= 0.3 is 0 Å². The number of pyridine rings is 2. The van der Waals surface area contributed by atoms with E-state index in [0.717, 1.165) is 53.2 Å². The number of halogens is 2. The molecule has 2 N–H and O–H groups in total. The molecule has 5 rings (SSSR count). The van der Waals surface area contributed by atoms with E-state index in [1.807, 2.05) is 36.5 Å². The predicted octanol–water partition coefficient (Wildman–Crippen LogP) is 6.13. The maximum absolute atomic E-state index is 14.0. The zero-order valence-electron chi connectivity index (χ0n) is 17.4. The third kappa shape index (κ3) is 4.24. The number of hydrogen-bond donors (Lipinski definition) is 2. The van der Waals surface area contributed by atoms with Gasteiger partial charge in [-0.15, -0.1) is 0 Å². The van der Waals surface area contributed by atoms with E-state index < -0.39 is 11.6 Å². The lowest BCUT2D eigenvalue weighted by atomic mass is 10.0. The summed E-state index contributed by atoms with van der Waals surface area (Å²) >= 11 is 5.97. The molecule has 32 heavy (non-hydrogen) atoms. The van der Waals surface area contributed by atoms with Crippen molar-refractivity contribution >= 4 is 33.9 Å². The first-order chi connectivity index (χ1) is 15.6. The molecule has 0 saturated carbocycles. The summed E-state index contributed by atoms with van der Waals surface area (Å²) in [4.78, 5) is 11.5. The van der Waals surface area contributed by atoms with Crippen molar-refractivity contribution in [2.45, 2.75) is 19.4 Å². The number of fused-ring (bicyclic) bond motifs is 1. The Hall–Kier alpha value is -3.22. The fourth-order valence-corrected chi connectivity index (χ4v) is 4.29. The fraction of sp³-hybridized carbons (Fsp3) is 0.200. The minimum absolute atomic E-state index is 0.0234. The Bertz CT molecular complexity index is 1250. The second-order valence-electron chi connectivity index (χ2n) is 8.03. The largest absolute Gasteiger partial charge is 0.504 e. The van der Waals surface area contributed by atoms with Crippen LogP contribution in [0.5, 0.6) is 5.75 Å². The van der Waals surface area contributed by atoms with Gasteiger partial charge in [-0.25, -0.2) is 4.39 Å². The second kappa shape index (κ2) is 8.73. The summed E-state index contributed by atoms with van der Waals surface area (Å²) in [6.07, 6.45) is 6.12. The van der Waals surface area contributed by atoms with Crippen LogP contribution in [0, 0.1) is 5.82 Å². The van der Waals surface area contributed by atoms with Crippen LogP contribution in [0.1, 0.15) is 18.5 Å². The first-order valence-electron chi connectivity index (χ1n) is 10.6. The zero-order chi connectivity index (χ0) is 22.1. The SMILES string of the molecule is Oc1c(F)cc(-c2ccc3nccc(Nc4ccc(CN5CCCC5)nc4)c3c2)cc1Cl. The van der Waals surface area contributed by atoms with Crippen molar-refractivity contribution in [2.24, 2.45) is 0 Å². The van der Waals surface area contributed by atoms with Crippen LogP contribution < -0.4 is 5.32 Å². The highest BCUT2D eigenvalue weighted by molar-refractivity contribution is 6.32. The Morgan fingerprint density at radius 3 is 2.59 bits per heavy atom. The highest BCUT2D eigenvalue weighted by Gasteiger charge is 2.13. The summed E-state index contributed by atoms with van der Waals surface area (Å²) in [6, 6.07) is 14.5. The van der Waals surface area contributed by atoms with Gasteiger partial charge in [0.05, 0.1) is 28.1 Å². The van der Waals surface area contributed by atoms with Gasteiger partial charge in [0.1, 0.15) is 0 Å². The van der Waals surface area contributed by atoms with Crippen molar-refractivity contribution in [3.8, 4) is 16.9 Å². The average Bonchev–Trinajstić information content (AvgIpc) is 3.31. The van der Waals surface area contributed by atoms with Gasteiger partial charge in [-0.2, -0.15) is 0 Å². The van der Waals surface area contributed by atoms with Crippen LogP contribution in [-0.2, 0) is 6.54 Å². The minimum atomic E-state index is -0.753. The molecule has 1 aliphatic rings. The van der Waals surface area contributed by atoms with E-state index >= 15 is 0 Å². The lowest BCUT2D eigenvalue weighted by Crippen LogP contribution is -2.18. The van der Waals surface area contributed by atoms with Crippen LogP contribution in [0.4, 0.5) is 15.8 Å². The first kappa shape index (κ1) is 20.7. The molecule has 0 unspecified atom stereocenters. The third-order valence-corrected chi connectivity index (χ3v) is 6.07. The van der Waals surface area contributed by atoms with Crippen LogP contribution in [0.3, 0.4) is 0 Å². The Morgan fingerprint density at radius 1 is 1.00 bits per heavy atom. The highest BCUT2D eigenvalue weighted by atomic mass is 35.5. The Morgan fingerprint density at radius 2 is 1.84 bits per heavy atom. The molecule has 5 nitrogen and oxygen atoms in total. The minimum Gasteiger partial charge on any atom is -0.504 e. The first-order valence-corrected chi connectivity index (χ1v) is 11.0. The molecule has 0 spiro atoms. The van der Waals surface area contributed by atoms with Gasteiger partial charge in [0.15, 0.2) is 11.6 Å². The molecular weight excluding hydrogens is 427 g/mol. The number of nitrogens with zero attached hydrogens (tertiary/aromatic N) is 3. The number of aromatic hydroxyl groups is 1. The van der Waals surface area contributed by atoms with Gasteiger partial charge in [0.2, 0.25) is 0 Å². The summed E-state index contributed by atoms with van der Waals surface area (Å²) in [5.41, 5.74) is 4.97. The molecule has 4 aromatic rings. The van der Waals surface area contributed by atoms with Crippen molar-refractivity contribution in [3.05, 3.63) is 77.5 Å². The van der Waals surface area contributed by atoms with E-state index in [1.165, 1.54) is 18.9 Å². The molecule has 0 radical (unpaired) electrons. The van der Waals surface area contributed by atoms with Crippen molar-refractivity contribution in [2.75, 3.05) is 18.4 Å². The highest BCUT2D eigenvalue weighted by Crippen LogP contribution is 2.35. The zero-order valence-corrected chi connectivity index (χ0v) is 18.1. The van der Waals surface area contributed by atoms with E-state index in [1.54, 1.807) is 12.3 Å². The molecule has 3 heterocycles. The van der Waals surface area contributed by atoms with Crippen molar-refractivity contribution in [3.63, 3.8) is 0 Å². The maximum Gasteiger partial charge on any atom is 0.170 e. The number of benzene rings is 2. The number of nitrogens with one attached hydrogen (secondary N) is 1. The molecule has 1 saturated heterocycles. The molecule has 2 aromatic carbocycles. The van der Waals surface area contributed by atoms with Gasteiger partial charge in [-0.1, -0.05) is 17.7 Å². The van der Waals surface area contributed by atoms with E-state index in [9.17, 15) is 9.50 Å². The normalized spacial score (nSPS) is 14.2. The Kier molecular flexibility index (Phi) is 5.64.